The van der Waals surface area contributed by atoms with Gasteiger partial charge in [0.25, 0.3) is 0 Å². The van der Waals surface area contributed by atoms with Gasteiger partial charge in [-0.3, -0.25) is 15.2 Å². The van der Waals surface area contributed by atoms with Crippen molar-refractivity contribution in [1.82, 2.24) is 20.5 Å². The van der Waals surface area contributed by atoms with Crippen LogP contribution in [-0.4, -0.2) is 32.4 Å². The molecule has 0 aliphatic heterocycles. The Morgan fingerprint density at radius 3 is 2.65 bits per heavy atom. The third-order valence-electron chi connectivity index (χ3n) is 2.94. The van der Waals surface area contributed by atoms with Gasteiger partial charge >= 0.3 is 6.03 Å². The fourth-order valence-electron chi connectivity index (χ4n) is 1.87. The van der Waals surface area contributed by atoms with Crippen LogP contribution in [0.25, 0.3) is 11.4 Å². The Morgan fingerprint density at radius 1 is 1.35 bits per heavy atom. The molecule has 1 aromatic heterocycles. The summed E-state index contributed by atoms with van der Waals surface area (Å²) < 4.78 is 13.7. The fraction of sp³-hybridized carbons (Fsp3) is 0.286. The Bertz CT molecular complexity index is 719. The molecule has 0 saturated carbocycles. The van der Waals surface area contributed by atoms with Gasteiger partial charge in [0.05, 0.1) is 10.8 Å². The number of rotatable bonds is 5. The lowest BCUT2D eigenvalue weighted by atomic mass is 10.1. The molecule has 1 atom stereocenters. The molecule has 0 aliphatic carbocycles. The second-order valence-corrected chi connectivity index (χ2v) is 6.19. The van der Waals surface area contributed by atoms with Crippen molar-refractivity contribution in [3.05, 3.63) is 30.1 Å². The van der Waals surface area contributed by atoms with Crippen molar-refractivity contribution < 1.29 is 14.0 Å². The molecule has 1 aromatic carbocycles. The van der Waals surface area contributed by atoms with Crippen LogP contribution in [0.1, 0.15) is 13.8 Å². The summed E-state index contributed by atoms with van der Waals surface area (Å²) in [6, 6.07) is 5.24. The molecule has 0 unspecified atom stereocenters. The normalized spacial score (nSPS) is 12.2. The molecular formula is C14H16FN5O2S. The maximum atomic E-state index is 13.7. The topological polar surface area (TPSA) is 114 Å². The van der Waals surface area contributed by atoms with Crippen molar-refractivity contribution in [3.8, 4) is 11.4 Å². The number of nitrogens with one attached hydrogen (secondary N) is 2. The number of nitrogens with zero attached hydrogens (tertiary/aromatic N) is 2. The molecule has 3 amide bonds. The van der Waals surface area contributed by atoms with Gasteiger partial charge in [0.15, 0.2) is 5.82 Å². The largest absolute Gasteiger partial charge is 0.351 e. The molecule has 4 N–H and O–H groups in total. The van der Waals surface area contributed by atoms with E-state index in [2.05, 4.69) is 15.2 Å². The number of carbonyl (C=O) groups is 2. The maximum Gasteiger partial charge on any atom is 0.318 e. The third-order valence-corrected chi connectivity index (χ3v) is 4.34. The van der Waals surface area contributed by atoms with Crippen LogP contribution in [0.5, 0.6) is 0 Å². The number of imide groups is 1. The van der Waals surface area contributed by atoms with E-state index in [0.717, 1.165) is 11.8 Å². The first kappa shape index (κ1) is 16.9. The number of thioether (sulfide) groups is 1. The first-order valence-corrected chi connectivity index (χ1v) is 7.70. The molecule has 0 aliphatic rings. The number of benzene rings is 1. The average Bonchev–Trinajstić information content (AvgIpc) is 2.92. The summed E-state index contributed by atoms with van der Waals surface area (Å²) in [5.74, 6) is -0.764. The second kappa shape index (κ2) is 7.23. The van der Waals surface area contributed by atoms with Crippen LogP contribution >= 0.6 is 11.8 Å². The molecule has 9 heteroatoms. The van der Waals surface area contributed by atoms with Crippen LogP contribution in [0, 0.1) is 11.7 Å². The number of carbonyl (C=O) groups excluding carboxylic acids is 2. The molecule has 0 saturated heterocycles. The zero-order valence-corrected chi connectivity index (χ0v) is 13.4. The first-order chi connectivity index (χ1) is 10.9. The lowest BCUT2D eigenvalue weighted by Crippen LogP contribution is -2.42. The number of hydrogen-bond donors (Lipinski definition) is 3. The van der Waals surface area contributed by atoms with Crippen molar-refractivity contribution in [1.29, 1.82) is 0 Å². The molecule has 0 radical (unpaired) electrons. The molecular weight excluding hydrogens is 321 g/mol. The van der Waals surface area contributed by atoms with Crippen LogP contribution in [0.2, 0.25) is 0 Å². The standard InChI is InChI=1S/C14H16FN5O2S/c1-7(2)10(12(21)18-13(16)22)23-14-17-11(19-20-14)8-5-3-4-6-9(8)15/h3-7,10H,1-2H3,(H,17,19,20)(H3,16,18,21,22)/t10-/m1/s1. The minimum absolute atomic E-state index is 0.0882. The molecule has 122 valence electrons. The molecule has 0 bridgehead atoms. The number of amides is 3. The molecule has 0 spiro atoms. The van der Waals surface area contributed by atoms with E-state index >= 15 is 0 Å². The molecule has 2 rings (SSSR count). The van der Waals surface area contributed by atoms with Crippen LogP contribution in [0.15, 0.2) is 29.4 Å². The molecule has 0 fully saturated rings. The number of halogens is 1. The minimum Gasteiger partial charge on any atom is -0.351 e. The van der Waals surface area contributed by atoms with Gasteiger partial charge in [-0.15, -0.1) is 5.10 Å². The summed E-state index contributed by atoms with van der Waals surface area (Å²) in [7, 11) is 0. The van der Waals surface area contributed by atoms with E-state index in [9.17, 15) is 14.0 Å². The van der Waals surface area contributed by atoms with Gasteiger partial charge in [-0.2, -0.15) is 0 Å². The van der Waals surface area contributed by atoms with Crippen molar-refractivity contribution >= 4 is 23.7 Å². The highest BCUT2D eigenvalue weighted by Crippen LogP contribution is 2.27. The Morgan fingerprint density at radius 2 is 2.04 bits per heavy atom. The highest BCUT2D eigenvalue weighted by atomic mass is 32.2. The van der Waals surface area contributed by atoms with Gasteiger partial charge in [0, 0.05) is 0 Å². The number of nitrogens with two attached hydrogens (primary N) is 1. The molecule has 2 aromatic rings. The Kier molecular flexibility index (Phi) is 5.32. The van der Waals surface area contributed by atoms with Crippen LogP contribution in [0.3, 0.4) is 0 Å². The number of primary amides is 1. The van der Waals surface area contributed by atoms with Crippen molar-refractivity contribution in [2.24, 2.45) is 11.7 Å². The predicted molar refractivity (Wildman–Crippen MR) is 84.0 cm³/mol. The van der Waals surface area contributed by atoms with E-state index in [1.807, 2.05) is 19.2 Å². The van der Waals surface area contributed by atoms with Crippen LogP contribution < -0.4 is 11.1 Å². The third kappa shape index (κ3) is 4.28. The fourth-order valence-corrected chi connectivity index (χ4v) is 2.78. The van der Waals surface area contributed by atoms with Gasteiger partial charge < -0.3 is 5.73 Å². The molecule has 23 heavy (non-hydrogen) atoms. The van der Waals surface area contributed by atoms with Crippen molar-refractivity contribution in [2.75, 3.05) is 0 Å². The van der Waals surface area contributed by atoms with Crippen LogP contribution in [-0.2, 0) is 4.79 Å². The maximum absolute atomic E-state index is 13.7. The molecule has 7 nitrogen and oxygen atoms in total. The highest BCUT2D eigenvalue weighted by molar-refractivity contribution is 8.00. The summed E-state index contributed by atoms with van der Waals surface area (Å²) in [5.41, 5.74) is 5.25. The first-order valence-electron chi connectivity index (χ1n) is 6.82. The van der Waals surface area contributed by atoms with E-state index in [0.29, 0.717) is 0 Å². The van der Waals surface area contributed by atoms with Gasteiger partial charge in [0.1, 0.15) is 5.82 Å². The quantitative estimate of drug-likeness (QED) is 0.721. The highest BCUT2D eigenvalue weighted by Gasteiger charge is 2.26. The van der Waals surface area contributed by atoms with Gasteiger partial charge in [0.2, 0.25) is 11.1 Å². The SMILES string of the molecule is CC(C)[C@@H](Sc1n[nH]c(-c2ccccc2F)n1)C(=O)NC(N)=O. The zero-order chi connectivity index (χ0) is 17.0. The number of aromatic amines is 1. The number of hydrogen-bond acceptors (Lipinski definition) is 5. The van der Waals surface area contributed by atoms with E-state index in [1.165, 1.54) is 6.07 Å². The smallest absolute Gasteiger partial charge is 0.318 e. The summed E-state index contributed by atoms with van der Waals surface area (Å²) >= 11 is 1.07. The predicted octanol–water partition coefficient (Wildman–Crippen LogP) is 1.92. The van der Waals surface area contributed by atoms with E-state index in [-0.39, 0.29) is 22.5 Å². The Labute approximate surface area is 136 Å². The van der Waals surface area contributed by atoms with Gasteiger partial charge in [-0.25, -0.2) is 14.2 Å². The lowest BCUT2D eigenvalue weighted by molar-refractivity contribution is -0.120. The van der Waals surface area contributed by atoms with E-state index < -0.39 is 23.0 Å². The van der Waals surface area contributed by atoms with Crippen molar-refractivity contribution in [3.63, 3.8) is 0 Å². The lowest BCUT2D eigenvalue weighted by Gasteiger charge is -2.16. The van der Waals surface area contributed by atoms with E-state index in [1.54, 1.807) is 18.2 Å². The van der Waals surface area contributed by atoms with Gasteiger partial charge in [-0.05, 0) is 18.1 Å². The Balaban J connectivity index is 2.18. The summed E-state index contributed by atoms with van der Waals surface area (Å²) in [6.07, 6.45) is 0. The number of H-pyrrole nitrogens is 1. The van der Waals surface area contributed by atoms with Crippen molar-refractivity contribution in [2.45, 2.75) is 24.3 Å². The number of urea groups is 1. The summed E-state index contributed by atoms with van der Waals surface area (Å²) in [4.78, 5) is 27.0. The Hall–Kier alpha value is -2.42. The van der Waals surface area contributed by atoms with Gasteiger partial charge in [-0.1, -0.05) is 37.7 Å². The zero-order valence-electron chi connectivity index (χ0n) is 12.5. The summed E-state index contributed by atoms with van der Waals surface area (Å²) in [5, 5.41) is 8.34. The van der Waals surface area contributed by atoms with E-state index in [4.69, 9.17) is 5.73 Å². The average molecular weight is 337 g/mol. The minimum atomic E-state index is -0.914. The number of aromatic nitrogens is 3. The summed E-state index contributed by atoms with van der Waals surface area (Å²) in [6.45, 7) is 3.64. The second-order valence-electron chi connectivity index (χ2n) is 5.08. The molecule has 1 heterocycles. The monoisotopic (exact) mass is 337 g/mol. The van der Waals surface area contributed by atoms with Crippen LogP contribution in [0.4, 0.5) is 9.18 Å².